The first-order chi connectivity index (χ1) is 14.8. The third-order valence-electron chi connectivity index (χ3n) is 5.24. The van der Waals surface area contributed by atoms with Gasteiger partial charge in [-0.15, -0.1) is 0 Å². The van der Waals surface area contributed by atoms with Gasteiger partial charge in [0.25, 0.3) is 5.91 Å². The molecular formula is C23H22ClFN4O2. The van der Waals surface area contributed by atoms with E-state index in [1.54, 1.807) is 22.9 Å². The summed E-state index contributed by atoms with van der Waals surface area (Å²) in [6.45, 7) is 4.45. The molecule has 2 heterocycles. The van der Waals surface area contributed by atoms with E-state index < -0.39 is 5.82 Å². The minimum Gasteiger partial charge on any atom is -0.322 e. The average Bonchev–Trinajstić information content (AvgIpc) is 3.35. The van der Waals surface area contributed by atoms with Crippen LogP contribution in [0.3, 0.4) is 0 Å². The summed E-state index contributed by atoms with van der Waals surface area (Å²) in [5.41, 5.74) is 2.48. The van der Waals surface area contributed by atoms with Crippen LogP contribution in [0.4, 0.5) is 15.8 Å². The van der Waals surface area contributed by atoms with E-state index in [4.69, 9.17) is 11.6 Å². The summed E-state index contributed by atoms with van der Waals surface area (Å²) >= 11 is 5.97. The predicted octanol–water partition coefficient (Wildman–Crippen LogP) is 5.17. The minimum absolute atomic E-state index is 0.0132. The Morgan fingerprint density at radius 1 is 1.19 bits per heavy atom. The second kappa shape index (κ2) is 8.51. The lowest BCUT2D eigenvalue weighted by Gasteiger charge is -2.17. The van der Waals surface area contributed by atoms with Crippen molar-refractivity contribution in [2.45, 2.75) is 32.6 Å². The predicted molar refractivity (Wildman–Crippen MR) is 119 cm³/mol. The van der Waals surface area contributed by atoms with Crippen molar-refractivity contribution < 1.29 is 14.0 Å². The summed E-state index contributed by atoms with van der Waals surface area (Å²) in [5.74, 6) is -1.01. The molecule has 0 aliphatic carbocycles. The number of carbonyl (C=O) groups is 2. The van der Waals surface area contributed by atoms with E-state index in [0.717, 1.165) is 11.4 Å². The van der Waals surface area contributed by atoms with E-state index in [1.807, 2.05) is 26.0 Å². The maximum Gasteiger partial charge on any atom is 0.259 e. The van der Waals surface area contributed by atoms with E-state index in [9.17, 15) is 14.0 Å². The van der Waals surface area contributed by atoms with Crippen LogP contribution in [0.1, 0.15) is 48.7 Å². The molecule has 31 heavy (non-hydrogen) atoms. The first kappa shape index (κ1) is 21.1. The van der Waals surface area contributed by atoms with Crippen molar-refractivity contribution in [2.24, 2.45) is 0 Å². The van der Waals surface area contributed by atoms with Crippen molar-refractivity contribution in [2.75, 3.05) is 16.8 Å². The van der Waals surface area contributed by atoms with Crippen molar-refractivity contribution in [3.63, 3.8) is 0 Å². The van der Waals surface area contributed by atoms with Crippen molar-refractivity contribution in [3.8, 4) is 5.69 Å². The van der Waals surface area contributed by atoms with Crippen LogP contribution in [-0.4, -0.2) is 28.1 Å². The molecule has 3 aromatic rings. The van der Waals surface area contributed by atoms with Crippen LogP contribution in [0.15, 0.2) is 48.7 Å². The number of amides is 2. The minimum atomic E-state index is -0.547. The lowest BCUT2D eigenvalue weighted by atomic mass is 10.0. The van der Waals surface area contributed by atoms with Gasteiger partial charge < -0.3 is 10.2 Å². The normalized spacial score (nSPS) is 13.8. The Morgan fingerprint density at radius 2 is 1.94 bits per heavy atom. The van der Waals surface area contributed by atoms with Crippen LogP contribution in [-0.2, 0) is 4.79 Å². The standard InChI is InChI=1S/C23H22ClFN4O2/c1-14(2)22-18(13-26-29(22)17-8-5-15(24)6-9-17)23(31)27-16-7-10-20(19(25)12-16)28-11-3-4-21(28)30/h5-10,12-14H,3-4,11H2,1-2H3,(H,27,31). The molecule has 1 saturated heterocycles. The smallest absolute Gasteiger partial charge is 0.259 e. The SMILES string of the molecule is CC(C)c1c(C(=O)Nc2ccc(N3CCCC3=O)c(F)c2)cnn1-c1ccc(Cl)cc1. The van der Waals surface area contributed by atoms with Crippen LogP contribution < -0.4 is 10.2 Å². The zero-order valence-electron chi connectivity index (χ0n) is 17.2. The molecule has 0 bridgehead atoms. The summed E-state index contributed by atoms with van der Waals surface area (Å²) in [5, 5.41) is 7.74. The van der Waals surface area contributed by atoms with E-state index in [0.29, 0.717) is 35.7 Å². The Balaban J connectivity index is 1.59. The van der Waals surface area contributed by atoms with Crippen LogP contribution in [0.5, 0.6) is 0 Å². The molecule has 1 aliphatic heterocycles. The summed E-state index contributed by atoms with van der Waals surface area (Å²) in [7, 11) is 0. The number of carbonyl (C=O) groups excluding carboxylic acids is 2. The highest BCUT2D eigenvalue weighted by Gasteiger charge is 2.25. The van der Waals surface area contributed by atoms with Gasteiger partial charge in [0.1, 0.15) is 5.82 Å². The third-order valence-corrected chi connectivity index (χ3v) is 5.49. The molecule has 0 atom stereocenters. The van der Waals surface area contributed by atoms with Crippen molar-refractivity contribution in [1.82, 2.24) is 9.78 Å². The van der Waals surface area contributed by atoms with Crippen LogP contribution in [0.2, 0.25) is 5.02 Å². The van der Waals surface area contributed by atoms with Crippen LogP contribution in [0, 0.1) is 5.82 Å². The quantitative estimate of drug-likeness (QED) is 0.595. The summed E-state index contributed by atoms with van der Waals surface area (Å²) in [6, 6.07) is 11.5. The number of nitrogens with zero attached hydrogens (tertiary/aromatic N) is 3. The molecule has 1 N–H and O–H groups in total. The van der Waals surface area contributed by atoms with Gasteiger partial charge in [-0.1, -0.05) is 25.4 Å². The fraction of sp³-hybridized carbons (Fsp3) is 0.261. The molecule has 0 spiro atoms. The third kappa shape index (κ3) is 4.18. The molecule has 6 nitrogen and oxygen atoms in total. The summed E-state index contributed by atoms with van der Waals surface area (Å²) in [6.07, 6.45) is 2.65. The number of anilines is 2. The van der Waals surface area contributed by atoms with Gasteiger partial charge in [0, 0.05) is 23.7 Å². The monoisotopic (exact) mass is 440 g/mol. The van der Waals surface area contributed by atoms with Gasteiger partial charge in [-0.3, -0.25) is 9.59 Å². The van der Waals surface area contributed by atoms with Crippen molar-refractivity contribution in [1.29, 1.82) is 0 Å². The molecule has 8 heteroatoms. The number of hydrogen-bond donors (Lipinski definition) is 1. The van der Waals surface area contributed by atoms with E-state index in [1.165, 1.54) is 23.2 Å². The molecule has 0 radical (unpaired) electrons. The van der Waals surface area contributed by atoms with Crippen LogP contribution in [0.25, 0.3) is 5.69 Å². The summed E-state index contributed by atoms with van der Waals surface area (Å²) in [4.78, 5) is 26.3. The molecule has 0 unspecified atom stereocenters. The maximum absolute atomic E-state index is 14.6. The van der Waals surface area contributed by atoms with Crippen molar-refractivity contribution >= 4 is 34.8 Å². The Bertz CT molecular complexity index is 1140. The van der Waals surface area contributed by atoms with E-state index in [2.05, 4.69) is 10.4 Å². The highest BCUT2D eigenvalue weighted by atomic mass is 35.5. The van der Waals surface area contributed by atoms with E-state index >= 15 is 0 Å². The molecule has 2 amide bonds. The lowest BCUT2D eigenvalue weighted by Crippen LogP contribution is -2.24. The molecule has 2 aromatic carbocycles. The zero-order valence-corrected chi connectivity index (χ0v) is 18.0. The highest BCUT2D eigenvalue weighted by Crippen LogP contribution is 2.28. The van der Waals surface area contributed by atoms with Gasteiger partial charge in [-0.2, -0.15) is 5.10 Å². The van der Waals surface area contributed by atoms with Gasteiger partial charge in [0.2, 0.25) is 5.91 Å². The highest BCUT2D eigenvalue weighted by molar-refractivity contribution is 6.30. The topological polar surface area (TPSA) is 67.2 Å². The number of aromatic nitrogens is 2. The van der Waals surface area contributed by atoms with E-state index in [-0.39, 0.29) is 23.4 Å². The molecule has 160 valence electrons. The second-order valence-corrected chi connectivity index (χ2v) is 8.19. The maximum atomic E-state index is 14.6. The Morgan fingerprint density at radius 3 is 2.55 bits per heavy atom. The summed E-state index contributed by atoms with van der Waals surface area (Å²) < 4.78 is 16.3. The molecule has 1 fully saturated rings. The van der Waals surface area contributed by atoms with Gasteiger partial charge in [0.05, 0.1) is 28.8 Å². The molecule has 0 saturated carbocycles. The molecule has 1 aromatic heterocycles. The molecule has 4 rings (SSSR count). The van der Waals surface area contributed by atoms with Crippen LogP contribution >= 0.6 is 11.6 Å². The first-order valence-electron chi connectivity index (χ1n) is 10.1. The first-order valence-corrected chi connectivity index (χ1v) is 10.5. The average molecular weight is 441 g/mol. The second-order valence-electron chi connectivity index (χ2n) is 7.76. The molecular weight excluding hydrogens is 419 g/mol. The van der Waals surface area contributed by atoms with Gasteiger partial charge in [0.15, 0.2) is 0 Å². The molecule has 1 aliphatic rings. The zero-order chi connectivity index (χ0) is 22.1. The number of rotatable bonds is 5. The fourth-order valence-electron chi connectivity index (χ4n) is 3.78. The Kier molecular flexibility index (Phi) is 5.78. The largest absolute Gasteiger partial charge is 0.322 e. The Hall–Kier alpha value is -3.19. The lowest BCUT2D eigenvalue weighted by molar-refractivity contribution is -0.117. The Labute approximate surface area is 184 Å². The fourth-order valence-corrected chi connectivity index (χ4v) is 3.91. The van der Waals surface area contributed by atoms with Gasteiger partial charge in [-0.05, 0) is 54.8 Å². The van der Waals surface area contributed by atoms with Crippen molar-refractivity contribution in [3.05, 3.63) is 70.8 Å². The number of benzene rings is 2. The van der Waals surface area contributed by atoms with Gasteiger partial charge in [-0.25, -0.2) is 9.07 Å². The number of nitrogens with one attached hydrogen (secondary N) is 1. The number of halogens is 2. The van der Waals surface area contributed by atoms with Gasteiger partial charge >= 0.3 is 0 Å². The number of hydrogen-bond acceptors (Lipinski definition) is 3.